The van der Waals surface area contributed by atoms with Crippen molar-refractivity contribution < 1.29 is 0 Å². The van der Waals surface area contributed by atoms with Crippen molar-refractivity contribution in [1.82, 2.24) is 5.32 Å². The number of hydrogen-bond donors (Lipinski definition) is 2. The second-order valence-corrected chi connectivity index (χ2v) is 4.67. The molecule has 1 aliphatic carbocycles. The van der Waals surface area contributed by atoms with Crippen LogP contribution in [0.5, 0.6) is 0 Å². The number of rotatable bonds is 8. The molecule has 0 aliphatic heterocycles. The molecule has 2 heteroatoms. The maximum Gasteiger partial charge on any atom is 0.00508 e. The van der Waals surface area contributed by atoms with Crippen molar-refractivity contribution in [2.45, 2.75) is 57.9 Å². The third kappa shape index (κ3) is 4.97. The minimum absolute atomic E-state index is 0.413. The van der Waals surface area contributed by atoms with E-state index in [0.717, 1.165) is 18.9 Å². The normalized spacial score (nSPS) is 19.3. The first-order valence-corrected chi connectivity index (χ1v) is 6.29. The molecule has 0 aromatic rings. The van der Waals surface area contributed by atoms with Crippen molar-refractivity contribution in [1.29, 1.82) is 0 Å². The molecule has 0 heterocycles. The molecule has 0 aromatic heterocycles. The van der Waals surface area contributed by atoms with Gasteiger partial charge < -0.3 is 11.1 Å². The molecule has 3 N–H and O–H groups in total. The zero-order valence-corrected chi connectivity index (χ0v) is 9.60. The van der Waals surface area contributed by atoms with Crippen LogP contribution in [0, 0.1) is 5.92 Å². The Bertz CT molecular complexity index is 132. The van der Waals surface area contributed by atoms with E-state index in [2.05, 4.69) is 12.2 Å². The average Bonchev–Trinajstić information content (AvgIpc) is 2.08. The molecule has 0 spiro atoms. The molecule has 14 heavy (non-hydrogen) atoms. The van der Waals surface area contributed by atoms with E-state index in [1.165, 1.54) is 45.1 Å². The van der Waals surface area contributed by atoms with Gasteiger partial charge in [0.2, 0.25) is 0 Å². The van der Waals surface area contributed by atoms with Gasteiger partial charge in [-0.3, -0.25) is 0 Å². The second-order valence-electron chi connectivity index (χ2n) is 4.67. The SMILES string of the molecule is CCCC(N)CCNCCC1CCC1. The summed E-state index contributed by atoms with van der Waals surface area (Å²) in [7, 11) is 0. The van der Waals surface area contributed by atoms with Crippen LogP contribution in [0.4, 0.5) is 0 Å². The van der Waals surface area contributed by atoms with Gasteiger partial charge in [-0.2, -0.15) is 0 Å². The predicted octanol–water partition coefficient (Wildman–Crippen LogP) is 2.28. The van der Waals surface area contributed by atoms with Crippen molar-refractivity contribution in [3.63, 3.8) is 0 Å². The molecule has 0 aromatic carbocycles. The second kappa shape index (κ2) is 7.24. The maximum absolute atomic E-state index is 5.92. The minimum atomic E-state index is 0.413. The Kier molecular flexibility index (Phi) is 6.20. The highest BCUT2D eigenvalue weighted by atomic mass is 14.9. The molecule has 1 aliphatic rings. The maximum atomic E-state index is 5.92. The summed E-state index contributed by atoms with van der Waals surface area (Å²) in [5, 5.41) is 3.49. The van der Waals surface area contributed by atoms with Crippen LogP contribution in [0.1, 0.15) is 51.9 Å². The highest BCUT2D eigenvalue weighted by Gasteiger charge is 2.15. The van der Waals surface area contributed by atoms with Crippen LogP contribution in [-0.2, 0) is 0 Å². The largest absolute Gasteiger partial charge is 0.328 e. The fraction of sp³-hybridized carbons (Fsp3) is 1.00. The molecule has 1 atom stereocenters. The van der Waals surface area contributed by atoms with Crippen LogP contribution in [0.2, 0.25) is 0 Å². The van der Waals surface area contributed by atoms with Crippen LogP contribution in [0.3, 0.4) is 0 Å². The average molecular weight is 198 g/mol. The Morgan fingerprint density at radius 2 is 2.07 bits per heavy atom. The van der Waals surface area contributed by atoms with E-state index in [4.69, 9.17) is 5.73 Å². The fourth-order valence-corrected chi connectivity index (χ4v) is 2.02. The van der Waals surface area contributed by atoms with Crippen LogP contribution >= 0.6 is 0 Å². The molecular formula is C12H26N2. The topological polar surface area (TPSA) is 38.0 Å². The van der Waals surface area contributed by atoms with Crippen molar-refractivity contribution in [3.8, 4) is 0 Å². The molecule has 0 saturated heterocycles. The van der Waals surface area contributed by atoms with Gasteiger partial charge in [0.15, 0.2) is 0 Å². The molecule has 0 bridgehead atoms. The van der Waals surface area contributed by atoms with Gasteiger partial charge >= 0.3 is 0 Å². The van der Waals surface area contributed by atoms with E-state index >= 15 is 0 Å². The molecule has 2 nitrogen and oxygen atoms in total. The lowest BCUT2D eigenvalue weighted by Crippen LogP contribution is -2.28. The standard InChI is InChI=1S/C12H26N2/c1-2-4-12(13)8-10-14-9-7-11-5-3-6-11/h11-12,14H,2-10,13H2,1H3. The molecule has 1 unspecified atom stereocenters. The van der Waals surface area contributed by atoms with E-state index in [-0.39, 0.29) is 0 Å². The molecule has 84 valence electrons. The Hall–Kier alpha value is -0.0800. The lowest BCUT2D eigenvalue weighted by molar-refractivity contribution is 0.291. The lowest BCUT2D eigenvalue weighted by atomic mass is 9.83. The number of nitrogens with two attached hydrogens (primary N) is 1. The first-order valence-electron chi connectivity index (χ1n) is 6.29. The van der Waals surface area contributed by atoms with Crippen molar-refractivity contribution in [3.05, 3.63) is 0 Å². The first-order chi connectivity index (χ1) is 6.83. The Morgan fingerprint density at radius 1 is 1.29 bits per heavy atom. The van der Waals surface area contributed by atoms with Gasteiger partial charge in [0.25, 0.3) is 0 Å². The third-order valence-corrected chi connectivity index (χ3v) is 3.31. The molecule has 1 saturated carbocycles. The zero-order valence-electron chi connectivity index (χ0n) is 9.60. The van der Waals surface area contributed by atoms with Crippen molar-refractivity contribution >= 4 is 0 Å². The zero-order chi connectivity index (χ0) is 10.2. The van der Waals surface area contributed by atoms with Gasteiger partial charge in [-0.1, -0.05) is 32.6 Å². The Balaban J connectivity index is 1.78. The Labute approximate surface area is 88.6 Å². The van der Waals surface area contributed by atoms with Gasteiger partial charge in [0, 0.05) is 6.04 Å². The smallest absolute Gasteiger partial charge is 0.00508 e. The first kappa shape index (κ1) is 12.0. The van der Waals surface area contributed by atoms with Gasteiger partial charge in [-0.25, -0.2) is 0 Å². The van der Waals surface area contributed by atoms with E-state index in [1.807, 2.05) is 0 Å². The molecule has 0 amide bonds. The van der Waals surface area contributed by atoms with E-state index in [0.29, 0.717) is 6.04 Å². The van der Waals surface area contributed by atoms with Crippen LogP contribution in [-0.4, -0.2) is 19.1 Å². The monoisotopic (exact) mass is 198 g/mol. The summed E-state index contributed by atoms with van der Waals surface area (Å²) in [6.07, 6.45) is 9.30. The highest BCUT2D eigenvalue weighted by Crippen LogP contribution is 2.28. The summed E-state index contributed by atoms with van der Waals surface area (Å²) < 4.78 is 0. The summed E-state index contributed by atoms with van der Waals surface area (Å²) in [6.45, 7) is 4.50. The summed E-state index contributed by atoms with van der Waals surface area (Å²) >= 11 is 0. The van der Waals surface area contributed by atoms with E-state index < -0.39 is 0 Å². The number of nitrogens with one attached hydrogen (secondary N) is 1. The van der Waals surface area contributed by atoms with Crippen LogP contribution < -0.4 is 11.1 Å². The molecular weight excluding hydrogens is 172 g/mol. The van der Waals surface area contributed by atoms with E-state index in [9.17, 15) is 0 Å². The fourth-order valence-electron chi connectivity index (χ4n) is 2.02. The summed E-state index contributed by atoms with van der Waals surface area (Å²) in [5.74, 6) is 1.03. The van der Waals surface area contributed by atoms with Gasteiger partial charge in [-0.05, 0) is 38.3 Å². The quantitative estimate of drug-likeness (QED) is 0.587. The van der Waals surface area contributed by atoms with Crippen molar-refractivity contribution in [2.24, 2.45) is 11.7 Å². The number of hydrogen-bond acceptors (Lipinski definition) is 2. The summed E-state index contributed by atoms with van der Waals surface area (Å²) in [5.41, 5.74) is 5.92. The van der Waals surface area contributed by atoms with Gasteiger partial charge in [0.1, 0.15) is 0 Å². The molecule has 1 rings (SSSR count). The predicted molar refractivity (Wildman–Crippen MR) is 62.3 cm³/mol. The van der Waals surface area contributed by atoms with Crippen LogP contribution in [0.15, 0.2) is 0 Å². The highest BCUT2D eigenvalue weighted by molar-refractivity contribution is 4.70. The third-order valence-electron chi connectivity index (χ3n) is 3.31. The summed E-state index contributed by atoms with van der Waals surface area (Å²) in [4.78, 5) is 0. The van der Waals surface area contributed by atoms with E-state index in [1.54, 1.807) is 0 Å². The molecule has 0 radical (unpaired) electrons. The van der Waals surface area contributed by atoms with Gasteiger partial charge in [0.05, 0.1) is 0 Å². The lowest BCUT2D eigenvalue weighted by Gasteiger charge is -2.25. The van der Waals surface area contributed by atoms with Crippen molar-refractivity contribution in [2.75, 3.05) is 13.1 Å². The summed E-state index contributed by atoms with van der Waals surface area (Å²) in [6, 6.07) is 0.413. The molecule has 1 fully saturated rings. The Morgan fingerprint density at radius 3 is 2.64 bits per heavy atom. The minimum Gasteiger partial charge on any atom is -0.328 e. The van der Waals surface area contributed by atoms with Crippen LogP contribution in [0.25, 0.3) is 0 Å². The van der Waals surface area contributed by atoms with Gasteiger partial charge in [-0.15, -0.1) is 0 Å².